The van der Waals surface area contributed by atoms with Crippen LogP contribution in [-0.2, 0) is 16.1 Å². The van der Waals surface area contributed by atoms with Crippen molar-refractivity contribution in [2.24, 2.45) is 0 Å². The molecule has 1 aromatic rings. The molecular weight excluding hydrogens is 216 g/mol. The van der Waals surface area contributed by atoms with Crippen molar-refractivity contribution in [2.45, 2.75) is 53.5 Å². The smallest absolute Gasteiger partial charge is 0.313 e. The molecule has 0 aliphatic heterocycles. The second-order valence-corrected chi connectivity index (χ2v) is 4.28. The van der Waals surface area contributed by atoms with Gasteiger partial charge in [0.05, 0.1) is 18.2 Å². The Balaban J connectivity index is 3.00. The highest BCUT2D eigenvalue weighted by Gasteiger charge is 2.23. The minimum atomic E-state index is -0.236. The molecule has 0 radical (unpaired) electrons. The summed E-state index contributed by atoms with van der Waals surface area (Å²) < 4.78 is 7.03. The quantitative estimate of drug-likeness (QED) is 0.740. The van der Waals surface area contributed by atoms with Crippen molar-refractivity contribution in [3.05, 3.63) is 17.0 Å². The van der Waals surface area contributed by atoms with Gasteiger partial charge in [-0.3, -0.25) is 9.48 Å². The Morgan fingerprint density at radius 1 is 1.41 bits per heavy atom. The zero-order valence-corrected chi connectivity index (χ0v) is 11.4. The van der Waals surface area contributed by atoms with Gasteiger partial charge in [0.15, 0.2) is 0 Å². The summed E-state index contributed by atoms with van der Waals surface area (Å²) in [4.78, 5) is 11.8. The number of carbonyl (C=O) groups is 1. The van der Waals surface area contributed by atoms with E-state index in [1.165, 1.54) is 0 Å². The molecular formula is C13H22N2O2. The van der Waals surface area contributed by atoms with Crippen LogP contribution in [0.3, 0.4) is 0 Å². The van der Waals surface area contributed by atoms with Crippen molar-refractivity contribution in [2.75, 3.05) is 6.61 Å². The van der Waals surface area contributed by atoms with Crippen molar-refractivity contribution in [1.29, 1.82) is 0 Å². The number of aryl methyl sites for hydroxylation is 2. The summed E-state index contributed by atoms with van der Waals surface area (Å²) in [6, 6.07) is 0. The second kappa shape index (κ2) is 5.84. The van der Waals surface area contributed by atoms with Gasteiger partial charge in [-0.15, -0.1) is 0 Å². The van der Waals surface area contributed by atoms with Gasteiger partial charge in [0, 0.05) is 17.8 Å². The van der Waals surface area contributed by atoms with Crippen molar-refractivity contribution >= 4 is 5.97 Å². The number of aromatic nitrogens is 2. The van der Waals surface area contributed by atoms with Crippen LogP contribution in [0.15, 0.2) is 0 Å². The molecule has 4 heteroatoms. The van der Waals surface area contributed by atoms with Crippen LogP contribution in [0.4, 0.5) is 0 Å². The lowest BCUT2D eigenvalue weighted by molar-refractivity contribution is -0.144. The summed E-state index contributed by atoms with van der Waals surface area (Å²) >= 11 is 0. The summed E-state index contributed by atoms with van der Waals surface area (Å²) in [6.07, 6.45) is 1.04. The Morgan fingerprint density at radius 3 is 2.59 bits per heavy atom. The van der Waals surface area contributed by atoms with Gasteiger partial charge in [-0.1, -0.05) is 6.92 Å². The zero-order chi connectivity index (χ0) is 13.0. The fourth-order valence-corrected chi connectivity index (χ4v) is 2.15. The fourth-order valence-electron chi connectivity index (χ4n) is 2.15. The minimum Gasteiger partial charge on any atom is -0.466 e. The van der Waals surface area contributed by atoms with E-state index in [9.17, 15) is 4.79 Å². The molecule has 0 aliphatic carbocycles. The van der Waals surface area contributed by atoms with Gasteiger partial charge in [0.1, 0.15) is 0 Å². The molecule has 0 aromatic carbocycles. The molecule has 0 spiro atoms. The first kappa shape index (κ1) is 13.7. The van der Waals surface area contributed by atoms with E-state index < -0.39 is 0 Å². The molecule has 0 saturated heterocycles. The third-order valence-electron chi connectivity index (χ3n) is 2.95. The number of hydrogen-bond donors (Lipinski definition) is 0. The molecule has 0 N–H and O–H groups in total. The van der Waals surface area contributed by atoms with E-state index in [-0.39, 0.29) is 11.9 Å². The Kier molecular flexibility index (Phi) is 4.73. The lowest BCUT2D eigenvalue weighted by Crippen LogP contribution is -2.14. The highest BCUT2D eigenvalue weighted by atomic mass is 16.5. The summed E-state index contributed by atoms with van der Waals surface area (Å²) in [7, 11) is 0. The van der Waals surface area contributed by atoms with Crippen molar-refractivity contribution in [3.8, 4) is 0 Å². The third-order valence-corrected chi connectivity index (χ3v) is 2.95. The summed E-state index contributed by atoms with van der Waals surface area (Å²) in [6.45, 7) is 11.1. The number of rotatable bonds is 5. The summed E-state index contributed by atoms with van der Waals surface area (Å²) in [5.74, 6) is -0.407. The van der Waals surface area contributed by atoms with Crippen LogP contribution >= 0.6 is 0 Å². The number of carbonyl (C=O) groups excluding carboxylic acids is 1. The van der Waals surface area contributed by atoms with Crippen LogP contribution in [0.1, 0.15) is 50.1 Å². The molecule has 0 fully saturated rings. The largest absolute Gasteiger partial charge is 0.466 e. The van der Waals surface area contributed by atoms with Gasteiger partial charge < -0.3 is 4.74 Å². The number of hydrogen-bond acceptors (Lipinski definition) is 3. The lowest BCUT2D eigenvalue weighted by Gasteiger charge is -2.11. The maximum absolute atomic E-state index is 11.8. The number of nitrogens with zero attached hydrogens (tertiary/aromatic N) is 2. The van der Waals surface area contributed by atoms with E-state index in [1.54, 1.807) is 0 Å². The second-order valence-electron chi connectivity index (χ2n) is 4.28. The lowest BCUT2D eigenvalue weighted by atomic mass is 9.99. The summed E-state index contributed by atoms with van der Waals surface area (Å²) in [5, 5.41) is 4.47. The van der Waals surface area contributed by atoms with E-state index in [1.807, 2.05) is 32.4 Å². The monoisotopic (exact) mass is 238 g/mol. The highest BCUT2D eigenvalue weighted by molar-refractivity contribution is 5.78. The van der Waals surface area contributed by atoms with E-state index >= 15 is 0 Å². The molecule has 1 rings (SSSR count). The predicted octanol–water partition coefficient (Wildman–Crippen LogP) is 2.58. The normalized spacial score (nSPS) is 12.5. The average Bonchev–Trinajstić information content (AvgIpc) is 2.54. The molecule has 1 heterocycles. The standard InChI is InChI=1S/C13H22N2O2/c1-6-8-15-11(5)12(10(4)14-15)9(3)13(16)17-7-2/h9H,6-8H2,1-5H3. The average molecular weight is 238 g/mol. The molecule has 0 saturated carbocycles. The summed E-state index contributed by atoms with van der Waals surface area (Å²) in [5.41, 5.74) is 3.01. The molecule has 0 aliphatic rings. The zero-order valence-electron chi connectivity index (χ0n) is 11.4. The Labute approximate surface area is 103 Å². The third kappa shape index (κ3) is 2.87. The first-order valence-corrected chi connectivity index (χ1v) is 6.23. The van der Waals surface area contributed by atoms with Crippen LogP contribution in [0.25, 0.3) is 0 Å². The van der Waals surface area contributed by atoms with E-state index in [0.29, 0.717) is 6.61 Å². The molecule has 1 atom stereocenters. The molecule has 0 bridgehead atoms. The first-order chi connectivity index (χ1) is 8.02. The van der Waals surface area contributed by atoms with Crippen LogP contribution in [0, 0.1) is 13.8 Å². The van der Waals surface area contributed by atoms with Crippen LogP contribution < -0.4 is 0 Å². The highest BCUT2D eigenvalue weighted by Crippen LogP contribution is 2.24. The van der Waals surface area contributed by atoms with Crippen LogP contribution in [0.5, 0.6) is 0 Å². The first-order valence-electron chi connectivity index (χ1n) is 6.23. The van der Waals surface area contributed by atoms with Gasteiger partial charge in [-0.05, 0) is 34.1 Å². The van der Waals surface area contributed by atoms with E-state index in [4.69, 9.17) is 4.74 Å². The molecule has 17 heavy (non-hydrogen) atoms. The molecule has 0 amide bonds. The maximum atomic E-state index is 11.8. The van der Waals surface area contributed by atoms with Crippen molar-refractivity contribution in [1.82, 2.24) is 9.78 Å². The molecule has 96 valence electrons. The Bertz CT molecular complexity index is 396. The van der Waals surface area contributed by atoms with Gasteiger partial charge in [-0.2, -0.15) is 5.10 Å². The maximum Gasteiger partial charge on any atom is 0.313 e. The Morgan fingerprint density at radius 2 is 2.06 bits per heavy atom. The Hall–Kier alpha value is -1.32. The molecule has 4 nitrogen and oxygen atoms in total. The van der Waals surface area contributed by atoms with Gasteiger partial charge >= 0.3 is 5.97 Å². The number of esters is 1. The number of ether oxygens (including phenoxy) is 1. The van der Waals surface area contributed by atoms with Crippen LogP contribution in [0.2, 0.25) is 0 Å². The topological polar surface area (TPSA) is 44.1 Å². The SMILES string of the molecule is CCCn1nc(C)c(C(C)C(=O)OCC)c1C. The predicted molar refractivity (Wildman–Crippen MR) is 67.0 cm³/mol. The van der Waals surface area contributed by atoms with E-state index in [0.717, 1.165) is 29.9 Å². The van der Waals surface area contributed by atoms with Crippen molar-refractivity contribution < 1.29 is 9.53 Å². The van der Waals surface area contributed by atoms with Gasteiger partial charge in [-0.25, -0.2) is 0 Å². The van der Waals surface area contributed by atoms with Gasteiger partial charge in [0.2, 0.25) is 0 Å². The van der Waals surface area contributed by atoms with Crippen LogP contribution in [-0.4, -0.2) is 22.4 Å². The molecule has 1 aromatic heterocycles. The van der Waals surface area contributed by atoms with Gasteiger partial charge in [0.25, 0.3) is 0 Å². The molecule has 1 unspecified atom stereocenters. The minimum absolute atomic E-state index is 0.172. The fraction of sp³-hybridized carbons (Fsp3) is 0.692. The van der Waals surface area contributed by atoms with Crippen molar-refractivity contribution in [3.63, 3.8) is 0 Å². The van der Waals surface area contributed by atoms with E-state index in [2.05, 4.69) is 12.0 Å².